The van der Waals surface area contributed by atoms with Crippen molar-refractivity contribution in [2.75, 3.05) is 25.7 Å². The molecule has 1 rings (SSSR count). The molecule has 0 heterocycles. The van der Waals surface area contributed by atoms with Crippen LogP contribution in [0.2, 0.25) is 5.02 Å². The molecule has 0 fully saturated rings. The average molecular weight is 348 g/mol. The smallest absolute Gasteiger partial charge is 0.320 e. The van der Waals surface area contributed by atoms with Crippen LogP contribution in [-0.2, 0) is 11.3 Å². The Morgan fingerprint density at radius 2 is 2.23 bits per heavy atom. The number of aliphatic carboxylic acids is 1. The summed E-state index contributed by atoms with van der Waals surface area (Å²) in [5.41, 5.74) is 0.852. The summed E-state index contributed by atoms with van der Waals surface area (Å²) >= 11 is 7.80. The Labute approximate surface area is 140 Å². The average Bonchev–Trinajstić information content (AvgIpc) is 2.47. The molecule has 1 atom stereocenters. The molecule has 0 amide bonds. The summed E-state index contributed by atoms with van der Waals surface area (Å²) in [6.45, 7) is 2.77. The van der Waals surface area contributed by atoms with Crippen molar-refractivity contribution in [1.82, 2.24) is 5.32 Å². The predicted octanol–water partition coefficient (Wildman–Crippen LogP) is 3.04. The molecule has 1 unspecified atom stereocenters. The minimum atomic E-state index is -0.848. The lowest BCUT2D eigenvalue weighted by atomic mass is 10.1. The summed E-state index contributed by atoms with van der Waals surface area (Å²) in [6.07, 6.45) is 2.52. The first-order valence-electron chi connectivity index (χ1n) is 6.97. The van der Waals surface area contributed by atoms with Gasteiger partial charge >= 0.3 is 5.97 Å². The number of hydrogen-bond acceptors (Lipinski definition) is 5. The fraction of sp³-hybridized carbons (Fsp3) is 0.533. The van der Waals surface area contributed by atoms with Crippen LogP contribution in [0.1, 0.15) is 18.9 Å². The highest BCUT2D eigenvalue weighted by molar-refractivity contribution is 7.98. The number of hydrogen-bond donors (Lipinski definition) is 2. The van der Waals surface area contributed by atoms with Crippen molar-refractivity contribution in [3.05, 3.63) is 22.7 Å². The topological polar surface area (TPSA) is 67.8 Å². The maximum absolute atomic E-state index is 11.2. The van der Waals surface area contributed by atoms with Gasteiger partial charge in [-0.3, -0.25) is 4.79 Å². The number of benzene rings is 1. The van der Waals surface area contributed by atoms with E-state index in [1.54, 1.807) is 17.8 Å². The third kappa shape index (κ3) is 5.59. The number of carboxylic acid groups (broad SMARTS) is 1. The van der Waals surface area contributed by atoms with Crippen LogP contribution in [0, 0.1) is 0 Å². The molecule has 1 aromatic carbocycles. The van der Waals surface area contributed by atoms with E-state index >= 15 is 0 Å². The molecule has 0 saturated heterocycles. The maximum atomic E-state index is 11.2. The fourth-order valence-electron chi connectivity index (χ4n) is 1.97. The van der Waals surface area contributed by atoms with Crippen molar-refractivity contribution in [3.8, 4) is 11.5 Å². The van der Waals surface area contributed by atoms with Gasteiger partial charge in [-0.25, -0.2) is 0 Å². The van der Waals surface area contributed by atoms with Crippen molar-refractivity contribution in [2.45, 2.75) is 25.9 Å². The number of ether oxygens (including phenoxy) is 2. The summed E-state index contributed by atoms with van der Waals surface area (Å²) in [5.74, 6) is 0.991. The van der Waals surface area contributed by atoms with Gasteiger partial charge in [0.1, 0.15) is 6.04 Å². The van der Waals surface area contributed by atoms with Crippen LogP contribution in [0.5, 0.6) is 11.5 Å². The Balaban J connectivity index is 2.81. The Bertz CT molecular complexity index is 499. The van der Waals surface area contributed by atoms with E-state index in [9.17, 15) is 9.90 Å². The van der Waals surface area contributed by atoms with Crippen LogP contribution in [0.15, 0.2) is 12.1 Å². The van der Waals surface area contributed by atoms with E-state index < -0.39 is 12.0 Å². The largest absolute Gasteiger partial charge is 0.491 e. The molecule has 0 spiro atoms. The van der Waals surface area contributed by atoms with Gasteiger partial charge in [0, 0.05) is 6.54 Å². The molecule has 0 bridgehead atoms. The number of methoxy groups -OCH3 is 1. The molecule has 124 valence electrons. The molecule has 5 nitrogen and oxygen atoms in total. The van der Waals surface area contributed by atoms with Crippen LogP contribution >= 0.6 is 23.4 Å². The molecule has 0 aromatic heterocycles. The Hall–Kier alpha value is -1.11. The first-order chi connectivity index (χ1) is 10.5. The number of carboxylic acids is 1. The van der Waals surface area contributed by atoms with Crippen LogP contribution < -0.4 is 14.8 Å². The van der Waals surface area contributed by atoms with Gasteiger partial charge in [0.2, 0.25) is 0 Å². The minimum absolute atomic E-state index is 0.398. The molecular formula is C15H22ClNO4S. The number of thioether (sulfide) groups is 1. The van der Waals surface area contributed by atoms with Gasteiger partial charge in [-0.15, -0.1) is 0 Å². The van der Waals surface area contributed by atoms with Crippen molar-refractivity contribution < 1.29 is 19.4 Å². The second-order valence-electron chi connectivity index (χ2n) is 4.60. The fourth-order valence-corrected chi connectivity index (χ4v) is 2.76. The van der Waals surface area contributed by atoms with E-state index in [1.165, 1.54) is 7.11 Å². The lowest BCUT2D eigenvalue weighted by Gasteiger charge is -2.16. The van der Waals surface area contributed by atoms with Gasteiger partial charge in [-0.1, -0.05) is 11.6 Å². The summed E-state index contributed by atoms with van der Waals surface area (Å²) in [5, 5.41) is 12.7. The standard InChI is InChI=1S/C15H22ClNO4S/c1-4-21-13-8-10(7-11(16)14(13)20-2)9-17-12(15(18)19)5-6-22-3/h7-8,12,17H,4-6,9H2,1-3H3,(H,18,19). The highest BCUT2D eigenvalue weighted by Gasteiger charge is 2.17. The van der Waals surface area contributed by atoms with E-state index in [-0.39, 0.29) is 0 Å². The molecule has 7 heteroatoms. The zero-order valence-corrected chi connectivity index (χ0v) is 14.6. The highest BCUT2D eigenvalue weighted by Crippen LogP contribution is 2.36. The molecule has 0 aliphatic heterocycles. The van der Waals surface area contributed by atoms with Crippen molar-refractivity contribution in [1.29, 1.82) is 0 Å². The Morgan fingerprint density at radius 1 is 1.50 bits per heavy atom. The minimum Gasteiger partial charge on any atom is -0.491 e. The normalized spacial score (nSPS) is 12.0. The second kappa shape index (κ2) is 9.82. The molecule has 0 saturated carbocycles. The number of carbonyl (C=O) groups is 1. The SMILES string of the molecule is CCOc1cc(CNC(CCSC)C(=O)O)cc(Cl)c1OC. The van der Waals surface area contributed by atoms with E-state index in [2.05, 4.69) is 5.32 Å². The predicted molar refractivity (Wildman–Crippen MR) is 90.4 cm³/mol. The number of halogens is 1. The van der Waals surface area contributed by atoms with Crippen molar-refractivity contribution in [3.63, 3.8) is 0 Å². The lowest BCUT2D eigenvalue weighted by Crippen LogP contribution is -2.36. The number of nitrogens with one attached hydrogen (secondary N) is 1. The summed E-state index contributed by atoms with van der Waals surface area (Å²) in [6, 6.07) is 2.99. The molecule has 2 N–H and O–H groups in total. The van der Waals surface area contributed by atoms with Gasteiger partial charge in [-0.05, 0) is 43.0 Å². The molecule has 1 aromatic rings. The van der Waals surface area contributed by atoms with Gasteiger partial charge in [0.15, 0.2) is 11.5 Å². The molecule has 0 aliphatic rings. The maximum Gasteiger partial charge on any atom is 0.320 e. The molecular weight excluding hydrogens is 326 g/mol. The van der Waals surface area contributed by atoms with Crippen molar-refractivity contribution >= 4 is 29.3 Å². The quantitative estimate of drug-likeness (QED) is 0.678. The summed E-state index contributed by atoms with van der Waals surface area (Å²) in [4.78, 5) is 11.2. The monoisotopic (exact) mass is 347 g/mol. The van der Waals surface area contributed by atoms with E-state index in [0.717, 1.165) is 11.3 Å². The third-order valence-electron chi connectivity index (χ3n) is 3.03. The van der Waals surface area contributed by atoms with Crippen LogP contribution in [0.3, 0.4) is 0 Å². The number of rotatable bonds is 10. The molecule has 22 heavy (non-hydrogen) atoms. The third-order valence-corrected chi connectivity index (χ3v) is 3.96. The van der Waals surface area contributed by atoms with Gasteiger partial charge < -0.3 is 19.9 Å². The molecule has 0 aliphatic carbocycles. The first-order valence-corrected chi connectivity index (χ1v) is 8.75. The zero-order chi connectivity index (χ0) is 16.5. The van der Waals surface area contributed by atoms with E-state index in [1.807, 2.05) is 19.2 Å². The van der Waals surface area contributed by atoms with Crippen LogP contribution in [0.4, 0.5) is 0 Å². The van der Waals surface area contributed by atoms with Gasteiger partial charge in [0.25, 0.3) is 0 Å². The zero-order valence-electron chi connectivity index (χ0n) is 13.0. The van der Waals surface area contributed by atoms with Crippen molar-refractivity contribution in [2.24, 2.45) is 0 Å². The summed E-state index contributed by atoms with van der Waals surface area (Å²) < 4.78 is 10.7. The van der Waals surface area contributed by atoms with Crippen LogP contribution in [0.25, 0.3) is 0 Å². The van der Waals surface area contributed by atoms with E-state index in [4.69, 9.17) is 21.1 Å². The van der Waals surface area contributed by atoms with Crippen LogP contribution in [-0.4, -0.2) is 42.8 Å². The molecule has 0 radical (unpaired) electrons. The summed E-state index contributed by atoms with van der Waals surface area (Å²) in [7, 11) is 1.53. The highest BCUT2D eigenvalue weighted by atomic mass is 35.5. The van der Waals surface area contributed by atoms with E-state index in [0.29, 0.717) is 36.1 Å². The first kappa shape index (κ1) is 18.9. The van der Waals surface area contributed by atoms with Gasteiger partial charge in [0.05, 0.1) is 18.7 Å². The Kier molecular flexibility index (Phi) is 8.45. The van der Waals surface area contributed by atoms with Gasteiger partial charge in [-0.2, -0.15) is 11.8 Å². The Morgan fingerprint density at radius 3 is 2.77 bits per heavy atom. The lowest BCUT2D eigenvalue weighted by molar-refractivity contribution is -0.139. The second-order valence-corrected chi connectivity index (χ2v) is 5.99.